The van der Waals surface area contributed by atoms with Crippen LogP contribution in [-0.2, 0) is 27.1 Å². The Balaban J connectivity index is 1.56. The van der Waals surface area contributed by atoms with E-state index in [0.717, 1.165) is 12.1 Å². The Labute approximate surface area is 199 Å². The predicted octanol–water partition coefficient (Wildman–Crippen LogP) is 3.36. The molecule has 2 aromatic rings. The van der Waals surface area contributed by atoms with Crippen LogP contribution >= 0.6 is 0 Å². The van der Waals surface area contributed by atoms with E-state index in [1.54, 1.807) is 30.3 Å². The molecule has 1 fully saturated rings. The van der Waals surface area contributed by atoms with E-state index in [0.29, 0.717) is 36.1 Å². The minimum Gasteiger partial charge on any atom is -0.445 e. The first-order chi connectivity index (χ1) is 16.6. The average Bonchev–Trinajstić information content (AvgIpc) is 3.32. The van der Waals surface area contributed by atoms with Crippen LogP contribution in [0.25, 0.3) is 11.1 Å². The van der Waals surface area contributed by atoms with E-state index >= 15 is 0 Å². The lowest BCUT2D eigenvalue weighted by molar-refractivity contribution is -0.137. The summed E-state index contributed by atoms with van der Waals surface area (Å²) < 4.78 is 43.5. The molecule has 3 N–H and O–H groups in total. The van der Waals surface area contributed by atoms with Crippen molar-refractivity contribution in [2.45, 2.75) is 44.1 Å². The minimum atomic E-state index is -4.40. The maximum Gasteiger partial charge on any atom is 0.416 e. The van der Waals surface area contributed by atoms with Gasteiger partial charge in [-0.15, -0.1) is 0 Å². The zero-order valence-electron chi connectivity index (χ0n) is 18.5. The number of nitrogens with two attached hydrogens (primary N) is 1. The van der Waals surface area contributed by atoms with E-state index in [4.69, 9.17) is 15.7 Å². The number of hydrogen-bond acceptors (Lipinski definition) is 5. The summed E-state index contributed by atoms with van der Waals surface area (Å²) in [6, 6.07) is 11.5. The van der Waals surface area contributed by atoms with E-state index in [9.17, 15) is 27.6 Å². The molecule has 3 rings (SSSR count). The molecule has 0 bridgehead atoms. The summed E-state index contributed by atoms with van der Waals surface area (Å²) >= 11 is 0. The van der Waals surface area contributed by atoms with Crippen LogP contribution in [0.5, 0.6) is 0 Å². The van der Waals surface area contributed by atoms with Gasteiger partial charge < -0.3 is 15.8 Å². The number of carbonyl (C=O) groups is 3. The highest BCUT2D eigenvalue weighted by Crippen LogP contribution is 2.31. The zero-order valence-corrected chi connectivity index (χ0v) is 18.5. The summed E-state index contributed by atoms with van der Waals surface area (Å²) in [5.41, 5.74) is 6.30. The number of benzene rings is 2. The molecular weight excluding hydrogens is 465 g/mol. The van der Waals surface area contributed by atoms with Crippen LogP contribution in [0.1, 0.15) is 30.4 Å². The van der Waals surface area contributed by atoms with E-state index in [1.807, 2.05) is 0 Å². The molecule has 11 heteroatoms. The van der Waals surface area contributed by atoms with Crippen LogP contribution < -0.4 is 11.1 Å². The van der Waals surface area contributed by atoms with Gasteiger partial charge in [-0.2, -0.15) is 18.4 Å². The molecule has 1 heterocycles. The quantitative estimate of drug-likeness (QED) is 0.618. The Morgan fingerprint density at radius 3 is 2.26 bits per heavy atom. The van der Waals surface area contributed by atoms with Crippen molar-refractivity contribution >= 4 is 17.9 Å². The Kier molecular flexibility index (Phi) is 7.96. The summed E-state index contributed by atoms with van der Waals surface area (Å²) in [4.78, 5) is 37.3. The normalized spacial score (nSPS) is 16.3. The number of rotatable bonds is 7. The Bertz CT molecular complexity index is 1110. The molecule has 35 heavy (non-hydrogen) atoms. The number of ether oxygens (including phenoxy) is 1. The minimum absolute atomic E-state index is 0.0700. The van der Waals surface area contributed by atoms with E-state index in [1.165, 1.54) is 17.0 Å². The Morgan fingerprint density at radius 2 is 1.71 bits per heavy atom. The molecule has 0 spiro atoms. The van der Waals surface area contributed by atoms with Crippen molar-refractivity contribution in [1.29, 1.82) is 5.26 Å². The van der Waals surface area contributed by atoms with Crippen molar-refractivity contribution in [3.05, 3.63) is 59.7 Å². The molecule has 2 atom stereocenters. The zero-order chi connectivity index (χ0) is 25.6. The number of alkyl halides is 3. The van der Waals surface area contributed by atoms with Crippen molar-refractivity contribution in [3.8, 4) is 17.2 Å². The summed E-state index contributed by atoms with van der Waals surface area (Å²) in [7, 11) is 0. The fourth-order valence-corrected chi connectivity index (χ4v) is 3.73. The largest absolute Gasteiger partial charge is 0.445 e. The van der Waals surface area contributed by atoms with Gasteiger partial charge in [-0.3, -0.25) is 14.5 Å². The number of nitriles is 1. The van der Waals surface area contributed by atoms with Crippen molar-refractivity contribution in [1.82, 2.24) is 10.2 Å². The monoisotopic (exact) mass is 488 g/mol. The van der Waals surface area contributed by atoms with Crippen molar-refractivity contribution in [3.63, 3.8) is 0 Å². The van der Waals surface area contributed by atoms with Gasteiger partial charge in [-0.25, -0.2) is 4.79 Å². The smallest absolute Gasteiger partial charge is 0.416 e. The summed E-state index contributed by atoms with van der Waals surface area (Å²) in [6.07, 6.45) is -4.47. The van der Waals surface area contributed by atoms with Gasteiger partial charge in [0.1, 0.15) is 18.7 Å². The highest BCUT2D eigenvalue weighted by molar-refractivity contribution is 5.87. The van der Waals surface area contributed by atoms with Gasteiger partial charge in [0.25, 0.3) is 0 Å². The molecule has 8 nitrogen and oxygen atoms in total. The van der Waals surface area contributed by atoms with Crippen molar-refractivity contribution < 1.29 is 32.3 Å². The third kappa shape index (κ3) is 6.72. The third-order valence-corrected chi connectivity index (χ3v) is 5.53. The molecular formula is C24H23F3N4O4. The SMILES string of the molecule is N#C[C@H](CC(N)=O)NC(=O)[C@@H]1CCCN1C(=O)OCc1ccc(-c2ccc(C(F)(F)F)cc2)cc1. The fourth-order valence-electron chi connectivity index (χ4n) is 3.73. The maximum absolute atomic E-state index is 12.7. The highest BCUT2D eigenvalue weighted by Gasteiger charge is 2.36. The van der Waals surface area contributed by atoms with Gasteiger partial charge >= 0.3 is 12.3 Å². The molecule has 1 saturated heterocycles. The van der Waals surface area contributed by atoms with Gasteiger partial charge in [-0.05, 0) is 41.7 Å². The maximum atomic E-state index is 12.7. The lowest BCUT2D eigenvalue weighted by Crippen LogP contribution is -2.49. The summed E-state index contributed by atoms with van der Waals surface area (Å²) in [5.74, 6) is -1.29. The van der Waals surface area contributed by atoms with Crippen LogP contribution in [0.2, 0.25) is 0 Å². The van der Waals surface area contributed by atoms with E-state index in [-0.39, 0.29) is 13.0 Å². The molecule has 0 radical (unpaired) electrons. The summed E-state index contributed by atoms with van der Waals surface area (Å²) in [6.45, 7) is 0.232. The van der Waals surface area contributed by atoms with Crippen LogP contribution in [0.15, 0.2) is 48.5 Å². The van der Waals surface area contributed by atoms with Crippen LogP contribution in [-0.4, -0.2) is 41.4 Å². The van der Waals surface area contributed by atoms with E-state index < -0.39 is 41.7 Å². The van der Waals surface area contributed by atoms with Crippen molar-refractivity contribution in [2.24, 2.45) is 5.73 Å². The highest BCUT2D eigenvalue weighted by atomic mass is 19.4. The molecule has 3 amide bonds. The van der Waals surface area contributed by atoms with E-state index in [2.05, 4.69) is 5.32 Å². The van der Waals surface area contributed by atoms with Crippen molar-refractivity contribution in [2.75, 3.05) is 6.54 Å². The number of halogens is 3. The molecule has 0 aromatic heterocycles. The molecule has 0 unspecified atom stereocenters. The number of hydrogen-bond donors (Lipinski definition) is 2. The molecule has 1 aliphatic heterocycles. The first-order valence-corrected chi connectivity index (χ1v) is 10.8. The van der Waals surface area contributed by atoms with Gasteiger partial charge in [0, 0.05) is 6.54 Å². The number of carbonyl (C=O) groups excluding carboxylic acids is 3. The summed E-state index contributed by atoms with van der Waals surface area (Å²) in [5, 5.41) is 11.5. The Morgan fingerprint density at radius 1 is 1.11 bits per heavy atom. The molecule has 0 saturated carbocycles. The Hall–Kier alpha value is -4.07. The second kappa shape index (κ2) is 10.9. The van der Waals surface area contributed by atoms with Gasteiger partial charge in [0.2, 0.25) is 11.8 Å². The van der Waals surface area contributed by atoms with Gasteiger partial charge in [0.05, 0.1) is 18.1 Å². The van der Waals surface area contributed by atoms with Gasteiger partial charge in [-0.1, -0.05) is 36.4 Å². The molecule has 184 valence electrons. The number of primary amides is 1. The topological polar surface area (TPSA) is 126 Å². The molecule has 2 aromatic carbocycles. The number of likely N-dealkylation sites (tertiary alicyclic amines) is 1. The lowest BCUT2D eigenvalue weighted by atomic mass is 10.0. The van der Waals surface area contributed by atoms with Crippen LogP contribution in [0.4, 0.5) is 18.0 Å². The molecule has 1 aliphatic rings. The second-order valence-corrected chi connectivity index (χ2v) is 8.04. The molecule has 0 aliphatic carbocycles. The van der Waals surface area contributed by atoms with Crippen LogP contribution in [0, 0.1) is 11.3 Å². The second-order valence-electron chi connectivity index (χ2n) is 8.04. The van der Waals surface area contributed by atoms with Gasteiger partial charge in [0.15, 0.2) is 0 Å². The number of nitrogens with zero attached hydrogens (tertiary/aromatic N) is 2. The lowest BCUT2D eigenvalue weighted by Gasteiger charge is -2.24. The number of amides is 3. The number of nitrogens with one attached hydrogen (secondary N) is 1. The first kappa shape index (κ1) is 25.6. The van der Waals surface area contributed by atoms with Crippen LogP contribution in [0.3, 0.4) is 0 Å². The average molecular weight is 488 g/mol. The fraction of sp³-hybridized carbons (Fsp3) is 0.333. The predicted molar refractivity (Wildman–Crippen MR) is 118 cm³/mol. The first-order valence-electron chi connectivity index (χ1n) is 10.8. The standard InChI is InChI=1S/C24H23F3N4O4/c25-24(26,27)18-9-7-17(8-10-18)16-5-3-15(4-6-16)14-35-23(34)31-11-1-2-20(31)22(33)30-19(13-28)12-21(29)32/h3-10,19-20H,1-2,11-12,14H2,(H2,29,32)(H,30,33)/t19-,20-/m0/s1. The third-order valence-electron chi connectivity index (χ3n) is 5.53.